The highest BCUT2D eigenvalue weighted by molar-refractivity contribution is 5.91. The highest BCUT2D eigenvalue weighted by Crippen LogP contribution is 2.39. The average Bonchev–Trinajstić information content (AvgIpc) is 2.99. The van der Waals surface area contributed by atoms with Gasteiger partial charge in [0.15, 0.2) is 23.0 Å². The Morgan fingerprint density at radius 1 is 0.780 bits per heavy atom. The molecule has 0 N–H and O–H groups in total. The lowest BCUT2D eigenvalue weighted by atomic mass is 10.1. The molecular formula is C30H41NO10. The summed E-state index contributed by atoms with van der Waals surface area (Å²) in [6, 6.07) is 6.59. The van der Waals surface area contributed by atoms with Crippen molar-refractivity contribution in [1.82, 2.24) is 4.90 Å². The van der Waals surface area contributed by atoms with Gasteiger partial charge in [-0.1, -0.05) is 6.92 Å². The number of rotatable bonds is 17. The lowest BCUT2D eigenvalue weighted by molar-refractivity contribution is -0.137. The number of carbonyl (C=O) groups excluding carboxylic acids is 2. The van der Waals surface area contributed by atoms with E-state index in [2.05, 4.69) is 4.90 Å². The molecule has 0 unspecified atom stereocenters. The van der Waals surface area contributed by atoms with Gasteiger partial charge in [0.25, 0.3) is 0 Å². The lowest BCUT2D eigenvalue weighted by Crippen LogP contribution is -2.29. The zero-order valence-corrected chi connectivity index (χ0v) is 25.1. The summed E-state index contributed by atoms with van der Waals surface area (Å²) >= 11 is 0. The molecule has 0 radical (unpaired) electrons. The molecule has 2 aromatic rings. The Labute approximate surface area is 241 Å². The van der Waals surface area contributed by atoms with Crippen LogP contribution in [0.25, 0.3) is 6.08 Å². The molecule has 0 saturated carbocycles. The fourth-order valence-electron chi connectivity index (χ4n) is 4.09. The second kappa shape index (κ2) is 16.9. The van der Waals surface area contributed by atoms with Crippen LogP contribution >= 0.6 is 0 Å². The van der Waals surface area contributed by atoms with Crippen molar-refractivity contribution in [3.63, 3.8) is 0 Å². The SMILES string of the molecule is COc1cc(/C=C/C(=O)OCCCN(C)C[C@@H](C)COC(=O)c2cc(OC)c(OC)c(OC)c2)cc(OC)c1OC. The van der Waals surface area contributed by atoms with E-state index in [0.29, 0.717) is 65.1 Å². The van der Waals surface area contributed by atoms with Gasteiger partial charge in [0.05, 0.1) is 61.4 Å². The summed E-state index contributed by atoms with van der Waals surface area (Å²) < 4.78 is 42.7. The third-order valence-corrected chi connectivity index (χ3v) is 6.05. The quantitative estimate of drug-likeness (QED) is 0.154. The summed E-state index contributed by atoms with van der Waals surface area (Å²) in [7, 11) is 11.0. The second-order valence-corrected chi connectivity index (χ2v) is 9.19. The minimum absolute atomic E-state index is 0.0787. The first-order chi connectivity index (χ1) is 19.7. The van der Waals surface area contributed by atoms with Crippen molar-refractivity contribution in [2.24, 2.45) is 5.92 Å². The van der Waals surface area contributed by atoms with E-state index >= 15 is 0 Å². The van der Waals surface area contributed by atoms with Crippen molar-refractivity contribution in [1.29, 1.82) is 0 Å². The first-order valence-electron chi connectivity index (χ1n) is 13.0. The number of benzene rings is 2. The van der Waals surface area contributed by atoms with E-state index in [1.165, 1.54) is 48.7 Å². The van der Waals surface area contributed by atoms with Crippen molar-refractivity contribution in [2.75, 3.05) is 76.0 Å². The van der Waals surface area contributed by atoms with Crippen molar-refractivity contribution in [3.8, 4) is 34.5 Å². The van der Waals surface area contributed by atoms with Crippen molar-refractivity contribution < 1.29 is 47.5 Å². The molecule has 41 heavy (non-hydrogen) atoms. The fraction of sp³-hybridized carbons (Fsp3) is 0.467. The van der Waals surface area contributed by atoms with Crippen LogP contribution in [0.1, 0.15) is 29.3 Å². The summed E-state index contributed by atoms with van der Waals surface area (Å²) in [4.78, 5) is 26.9. The van der Waals surface area contributed by atoms with Crippen LogP contribution in [-0.2, 0) is 14.3 Å². The number of ether oxygens (including phenoxy) is 8. The number of methoxy groups -OCH3 is 6. The zero-order valence-electron chi connectivity index (χ0n) is 25.1. The molecule has 0 fully saturated rings. The van der Waals surface area contributed by atoms with Gasteiger partial charge < -0.3 is 42.8 Å². The molecule has 2 rings (SSSR count). The average molecular weight is 576 g/mol. The number of nitrogens with zero attached hydrogens (tertiary/aromatic N) is 1. The fourth-order valence-corrected chi connectivity index (χ4v) is 4.09. The number of carbonyl (C=O) groups is 2. The van der Waals surface area contributed by atoms with Crippen LogP contribution in [0.4, 0.5) is 0 Å². The summed E-state index contributed by atoms with van der Waals surface area (Å²) in [5.41, 5.74) is 1.01. The number of esters is 2. The van der Waals surface area contributed by atoms with Gasteiger partial charge >= 0.3 is 11.9 Å². The van der Waals surface area contributed by atoms with Crippen molar-refractivity contribution in [3.05, 3.63) is 41.5 Å². The second-order valence-electron chi connectivity index (χ2n) is 9.19. The van der Waals surface area contributed by atoms with Gasteiger partial charge in [-0.3, -0.25) is 0 Å². The summed E-state index contributed by atoms with van der Waals surface area (Å²) in [5.74, 6) is 1.77. The van der Waals surface area contributed by atoms with E-state index in [9.17, 15) is 9.59 Å². The summed E-state index contributed by atoms with van der Waals surface area (Å²) in [5, 5.41) is 0. The van der Waals surface area contributed by atoms with E-state index in [1.54, 1.807) is 30.3 Å². The maximum absolute atomic E-state index is 12.6. The van der Waals surface area contributed by atoms with Crippen molar-refractivity contribution >= 4 is 18.0 Å². The third kappa shape index (κ3) is 9.78. The van der Waals surface area contributed by atoms with E-state index in [1.807, 2.05) is 14.0 Å². The van der Waals surface area contributed by atoms with Gasteiger partial charge in [0, 0.05) is 25.1 Å². The molecule has 0 bridgehead atoms. The molecule has 0 aliphatic carbocycles. The Balaban J connectivity index is 1.76. The van der Waals surface area contributed by atoms with Crippen LogP contribution in [0.2, 0.25) is 0 Å². The normalized spacial score (nSPS) is 11.6. The Hall–Kier alpha value is -4.12. The predicted octanol–water partition coefficient (Wildman–Crippen LogP) is 4.11. The molecule has 0 aliphatic rings. The molecule has 11 heteroatoms. The molecule has 0 saturated heterocycles. The molecule has 0 amide bonds. The summed E-state index contributed by atoms with van der Waals surface area (Å²) in [6.45, 7) is 3.90. The van der Waals surface area contributed by atoms with E-state index < -0.39 is 11.9 Å². The van der Waals surface area contributed by atoms with Crippen LogP contribution in [0.5, 0.6) is 34.5 Å². The molecular weight excluding hydrogens is 534 g/mol. The van der Waals surface area contributed by atoms with Gasteiger partial charge in [0.1, 0.15) is 0 Å². The summed E-state index contributed by atoms with van der Waals surface area (Å²) in [6.07, 6.45) is 3.63. The van der Waals surface area contributed by atoms with Crippen LogP contribution in [0, 0.1) is 5.92 Å². The highest BCUT2D eigenvalue weighted by Gasteiger charge is 2.19. The molecule has 226 valence electrons. The number of hydrogen-bond donors (Lipinski definition) is 0. The van der Waals surface area contributed by atoms with Crippen LogP contribution in [-0.4, -0.2) is 92.8 Å². The molecule has 1 atom stereocenters. The van der Waals surface area contributed by atoms with Crippen molar-refractivity contribution in [2.45, 2.75) is 13.3 Å². The monoisotopic (exact) mass is 575 g/mol. The minimum Gasteiger partial charge on any atom is -0.493 e. The minimum atomic E-state index is -0.481. The first-order valence-corrected chi connectivity index (χ1v) is 13.0. The Kier molecular flexibility index (Phi) is 13.6. The standard InChI is InChI=1S/C30H41NO10/c1-20(19-41-30(33)22-16-25(36-5)29(39-8)26(17-22)37-6)18-31(2)12-9-13-40-27(32)11-10-21-14-23(34-3)28(38-7)24(15-21)35-4/h10-11,14-17,20H,9,12-13,18-19H2,1-8H3/b11-10+/t20-/m1/s1. The van der Waals surface area contributed by atoms with Gasteiger partial charge in [0.2, 0.25) is 11.5 Å². The van der Waals surface area contributed by atoms with Gasteiger partial charge in [-0.2, -0.15) is 0 Å². The molecule has 11 nitrogen and oxygen atoms in total. The Morgan fingerprint density at radius 3 is 1.78 bits per heavy atom. The molecule has 0 heterocycles. The van der Waals surface area contributed by atoms with E-state index in [4.69, 9.17) is 37.9 Å². The number of hydrogen-bond acceptors (Lipinski definition) is 11. The molecule has 0 aliphatic heterocycles. The van der Waals surface area contributed by atoms with Crippen LogP contribution in [0.3, 0.4) is 0 Å². The topological polar surface area (TPSA) is 111 Å². The molecule has 0 spiro atoms. The third-order valence-electron chi connectivity index (χ3n) is 6.05. The molecule has 2 aromatic carbocycles. The zero-order chi connectivity index (χ0) is 30.4. The van der Waals surface area contributed by atoms with E-state index in [-0.39, 0.29) is 19.1 Å². The van der Waals surface area contributed by atoms with Crippen LogP contribution in [0.15, 0.2) is 30.3 Å². The smallest absolute Gasteiger partial charge is 0.338 e. The van der Waals surface area contributed by atoms with Crippen LogP contribution < -0.4 is 28.4 Å². The van der Waals surface area contributed by atoms with Gasteiger partial charge in [-0.25, -0.2) is 9.59 Å². The maximum Gasteiger partial charge on any atom is 0.338 e. The maximum atomic E-state index is 12.6. The highest BCUT2D eigenvalue weighted by atomic mass is 16.5. The Bertz CT molecular complexity index is 1130. The largest absolute Gasteiger partial charge is 0.493 e. The van der Waals surface area contributed by atoms with E-state index in [0.717, 1.165) is 0 Å². The first kappa shape index (κ1) is 33.1. The Morgan fingerprint density at radius 2 is 1.29 bits per heavy atom. The lowest BCUT2D eigenvalue weighted by Gasteiger charge is -2.21. The van der Waals surface area contributed by atoms with Gasteiger partial charge in [-0.05, 0) is 49.4 Å². The predicted molar refractivity (Wildman–Crippen MR) is 154 cm³/mol. The molecule has 0 aromatic heterocycles. The van der Waals surface area contributed by atoms with Gasteiger partial charge in [-0.15, -0.1) is 0 Å².